The molecule has 0 fully saturated rings. The van der Waals surface area contributed by atoms with Crippen LogP contribution in [0.15, 0.2) is 97.1 Å². The largest absolute Gasteiger partial charge is 0.481 e. The van der Waals surface area contributed by atoms with Crippen molar-refractivity contribution in [2.75, 3.05) is 59.0 Å². The van der Waals surface area contributed by atoms with Crippen LogP contribution >= 0.6 is 45.2 Å². The topological polar surface area (TPSA) is 222 Å². The molecule has 1 aliphatic carbocycles. The number of nitrogens with one attached hydrogen (secondary N) is 4. The summed E-state index contributed by atoms with van der Waals surface area (Å²) in [4.78, 5) is 85.4. The summed E-state index contributed by atoms with van der Waals surface area (Å²) in [5.41, 5.74) is 6.03. The number of carbonyl (C=O) groups excluding carboxylic acids is 6. The van der Waals surface area contributed by atoms with Crippen molar-refractivity contribution in [2.24, 2.45) is 0 Å². The van der Waals surface area contributed by atoms with Crippen LogP contribution in [0.25, 0.3) is 11.1 Å². The third-order valence-corrected chi connectivity index (χ3v) is 13.8. The first-order valence-electron chi connectivity index (χ1n) is 28.4. The number of amides is 6. The van der Waals surface area contributed by atoms with Gasteiger partial charge in [-0.05, 0) is 196 Å². The molecule has 0 radical (unpaired) electrons. The number of hydrogen-bond acceptors (Lipinski definition) is 10. The second kappa shape index (κ2) is 38.9. The summed E-state index contributed by atoms with van der Waals surface area (Å²) < 4.78 is 18.5. The van der Waals surface area contributed by atoms with E-state index in [-0.39, 0.29) is 49.8 Å². The zero-order chi connectivity index (χ0) is 61.9. The van der Waals surface area contributed by atoms with Crippen LogP contribution in [0.5, 0.6) is 0 Å². The van der Waals surface area contributed by atoms with Crippen molar-refractivity contribution >= 4 is 87.2 Å². The van der Waals surface area contributed by atoms with E-state index in [4.69, 9.17) is 32.2 Å². The van der Waals surface area contributed by atoms with E-state index < -0.39 is 35.5 Å². The van der Waals surface area contributed by atoms with Gasteiger partial charge in [-0.25, -0.2) is 14.4 Å². The molecule has 1 aliphatic rings. The minimum Gasteiger partial charge on any atom is -0.481 e. The van der Waals surface area contributed by atoms with Gasteiger partial charge in [-0.2, -0.15) is 0 Å². The number of alkyl carbamates (subject to hydrolysis) is 2. The molecule has 0 atom stereocenters. The molecular weight excluding hydrogens is 1290 g/mol. The maximum atomic E-state index is 12.7. The van der Waals surface area contributed by atoms with Crippen molar-refractivity contribution in [3.63, 3.8) is 0 Å². The van der Waals surface area contributed by atoms with Gasteiger partial charge >= 0.3 is 24.2 Å². The number of aryl methyl sites for hydroxylation is 2. The van der Waals surface area contributed by atoms with Crippen molar-refractivity contribution in [1.29, 1.82) is 0 Å². The second-order valence-electron chi connectivity index (χ2n) is 21.8. The van der Waals surface area contributed by atoms with Gasteiger partial charge in [-0.1, -0.05) is 84.6 Å². The molecule has 6 amide bonds. The summed E-state index contributed by atoms with van der Waals surface area (Å²) in [7, 11) is 0. The molecule has 0 bridgehead atoms. The van der Waals surface area contributed by atoms with Gasteiger partial charge in [0.05, 0.1) is 13.1 Å². The minimum atomic E-state index is -0.826. The number of aliphatic carboxylic acids is 1. The summed E-state index contributed by atoms with van der Waals surface area (Å²) in [6, 6.07) is 32.9. The van der Waals surface area contributed by atoms with Crippen LogP contribution in [0.2, 0.25) is 0 Å². The lowest BCUT2D eigenvalue weighted by molar-refractivity contribution is -0.137. The van der Waals surface area contributed by atoms with Crippen LogP contribution in [0.3, 0.4) is 0 Å². The standard InChI is InChI=1S/C26H30N2O4.C25H36IN3O4.C14H18INO3/c1-5-16-28(17-10-15-27-24(29)32-26(2,3)4)25(30)31-18-23-21-13-8-6-11-19(21)20-12-7-9-14-22(20)23;1-5-18-29(19-8-17-28-24(32)33-25(2,3)4)23(31)11-7-16-27-22(30)10-6-9-20-12-14-21(26)15-13-20;15-12-8-6-11(7-9-12)3-1-4-13(17)16-10-2-5-14(18)19/h1,6-9,11-14,23H,10,15-18H2,2-4H3,(H,27,29);1,12-15H,6-11,16-19H2,2-4H3,(H,27,30)(H,28,32);6-9H,1-5,10H2,(H,16,17)(H,18,19). The van der Waals surface area contributed by atoms with Crippen LogP contribution in [0, 0.1) is 31.8 Å². The predicted octanol–water partition coefficient (Wildman–Crippen LogP) is 11.3. The average Bonchev–Trinajstić information content (AvgIpc) is 2.81. The van der Waals surface area contributed by atoms with Gasteiger partial charge in [0, 0.05) is 78.0 Å². The SMILES string of the molecule is C#CCN(CCCNC(=O)OC(C)(C)C)C(=O)CCCNC(=O)CCCc1ccc(I)cc1.C#CCN(CCCNC(=O)OC(C)(C)C)C(=O)OCC1c2ccccc2-c2ccccc21.O=C(O)CCCNC(=O)CCCc1ccc(I)cc1. The maximum absolute atomic E-state index is 12.7. The van der Waals surface area contributed by atoms with Gasteiger partial charge in [-0.15, -0.1) is 12.8 Å². The van der Waals surface area contributed by atoms with E-state index in [1.165, 1.54) is 34.3 Å². The lowest BCUT2D eigenvalue weighted by atomic mass is 9.98. The number of carboxylic acid groups (broad SMARTS) is 1. The lowest BCUT2D eigenvalue weighted by Crippen LogP contribution is -2.37. The first-order valence-corrected chi connectivity index (χ1v) is 30.6. The third kappa shape index (κ3) is 30.6. The van der Waals surface area contributed by atoms with E-state index in [9.17, 15) is 33.6 Å². The first kappa shape index (κ1) is 71.4. The van der Waals surface area contributed by atoms with E-state index >= 15 is 0 Å². The highest BCUT2D eigenvalue weighted by Crippen LogP contribution is 2.44. The Kier molecular flexibility index (Phi) is 33.1. The number of benzene rings is 4. The van der Waals surface area contributed by atoms with Gasteiger partial charge in [0.15, 0.2) is 0 Å². The highest BCUT2D eigenvalue weighted by atomic mass is 127. The molecule has 454 valence electrons. The smallest absolute Gasteiger partial charge is 0.410 e. The Hall–Kier alpha value is -6.85. The van der Waals surface area contributed by atoms with Crippen molar-refractivity contribution < 1.29 is 52.9 Å². The Bertz CT molecular complexity index is 2760. The molecule has 4 aromatic carbocycles. The summed E-state index contributed by atoms with van der Waals surface area (Å²) in [6.45, 7) is 13.9. The van der Waals surface area contributed by atoms with E-state index in [1.54, 1.807) is 46.4 Å². The van der Waals surface area contributed by atoms with Crippen LogP contribution in [-0.2, 0) is 46.2 Å². The van der Waals surface area contributed by atoms with E-state index in [0.717, 1.165) is 36.8 Å². The number of ether oxygens (including phenoxy) is 3. The zero-order valence-corrected chi connectivity index (χ0v) is 53.8. The van der Waals surface area contributed by atoms with Crippen LogP contribution in [0.4, 0.5) is 14.4 Å². The summed E-state index contributed by atoms with van der Waals surface area (Å²) >= 11 is 4.53. The third-order valence-electron chi connectivity index (χ3n) is 12.4. The zero-order valence-electron chi connectivity index (χ0n) is 49.5. The maximum Gasteiger partial charge on any atom is 0.410 e. The van der Waals surface area contributed by atoms with Gasteiger partial charge in [0.25, 0.3) is 0 Å². The number of carbonyl (C=O) groups is 7. The molecule has 4 aromatic rings. The second-order valence-corrected chi connectivity index (χ2v) is 24.3. The molecule has 0 heterocycles. The Labute approximate surface area is 524 Å². The number of rotatable bonds is 28. The Morgan fingerprint density at radius 1 is 0.536 bits per heavy atom. The highest BCUT2D eigenvalue weighted by molar-refractivity contribution is 14.1. The highest BCUT2D eigenvalue weighted by Gasteiger charge is 2.30. The number of terminal acetylenes is 2. The fourth-order valence-electron chi connectivity index (χ4n) is 8.46. The summed E-state index contributed by atoms with van der Waals surface area (Å²) in [5.74, 6) is 4.11. The molecule has 0 saturated carbocycles. The normalized spacial score (nSPS) is 11.2. The Morgan fingerprint density at radius 3 is 1.37 bits per heavy atom. The quantitative estimate of drug-likeness (QED) is 0.0156. The number of nitrogens with zero attached hydrogens (tertiary/aromatic N) is 2. The molecule has 17 nitrogen and oxygen atoms in total. The van der Waals surface area contributed by atoms with Crippen molar-refractivity contribution in [3.05, 3.63) is 126 Å². The molecule has 0 spiro atoms. The predicted molar refractivity (Wildman–Crippen MR) is 345 cm³/mol. The molecule has 0 unspecified atom stereocenters. The molecule has 0 aromatic heterocycles. The average molecular weight is 1380 g/mol. The van der Waals surface area contributed by atoms with Crippen molar-refractivity contribution in [1.82, 2.24) is 31.1 Å². The fraction of sp³-hybridized carbons (Fsp3) is 0.462. The Morgan fingerprint density at radius 2 is 0.940 bits per heavy atom. The molecular formula is C65H84I2N6O11. The van der Waals surface area contributed by atoms with Crippen LogP contribution < -0.4 is 21.3 Å². The molecule has 5 rings (SSSR count). The number of fused-ring (bicyclic) bond motifs is 3. The molecule has 84 heavy (non-hydrogen) atoms. The summed E-state index contributed by atoms with van der Waals surface area (Å²) in [5, 5.41) is 19.4. The number of carboxylic acids is 1. The van der Waals surface area contributed by atoms with Crippen LogP contribution in [-0.4, -0.2) is 127 Å². The molecule has 19 heteroatoms. The fourth-order valence-corrected chi connectivity index (χ4v) is 9.18. The van der Waals surface area contributed by atoms with Crippen LogP contribution in [0.1, 0.15) is 134 Å². The van der Waals surface area contributed by atoms with Gasteiger partial charge in [0.2, 0.25) is 17.7 Å². The van der Waals surface area contributed by atoms with E-state index in [1.807, 2.05) is 24.3 Å². The lowest BCUT2D eigenvalue weighted by Gasteiger charge is -2.22. The molecule has 0 aliphatic heterocycles. The minimum absolute atomic E-state index is 0.00154. The first-order chi connectivity index (χ1) is 40.0. The van der Waals surface area contributed by atoms with Crippen molar-refractivity contribution in [3.8, 4) is 35.8 Å². The molecule has 0 saturated heterocycles. The Balaban J connectivity index is 0.000000343. The van der Waals surface area contributed by atoms with E-state index in [0.29, 0.717) is 84.2 Å². The number of halogens is 2. The van der Waals surface area contributed by atoms with Gasteiger partial charge in [0.1, 0.15) is 17.8 Å². The summed E-state index contributed by atoms with van der Waals surface area (Å²) in [6.07, 6.45) is 16.3. The van der Waals surface area contributed by atoms with Gasteiger partial charge in [-0.3, -0.25) is 24.1 Å². The van der Waals surface area contributed by atoms with Crippen molar-refractivity contribution in [2.45, 2.75) is 136 Å². The van der Waals surface area contributed by atoms with E-state index in [2.05, 4.69) is 151 Å². The van der Waals surface area contributed by atoms with Gasteiger partial charge < -0.3 is 45.5 Å². The molecule has 5 N–H and O–H groups in total. The monoisotopic (exact) mass is 1380 g/mol. The number of hydrogen-bond donors (Lipinski definition) is 5.